The molecule has 0 bridgehead atoms. The zero-order chi connectivity index (χ0) is 21.0. The van der Waals surface area contributed by atoms with Crippen LogP contribution in [0.15, 0.2) is 40.8 Å². The molecule has 0 aliphatic heterocycles. The van der Waals surface area contributed by atoms with Crippen molar-refractivity contribution in [2.45, 2.75) is 26.4 Å². The largest absolute Gasteiger partial charge is 0.495 e. The third-order valence-electron chi connectivity index (χ3n) is 4.34. The first kappa shape index (κ1) is 20.2. The highest BCUT2D eigenvalue weighted by atomic mass is 16.5. The lowest BCUT2D eigenvalue weighted by Gasteiger charge is -2.15. The van der Waals surface area contributed by atoms with Gasteiger partial charge in [0, 0.05) is 30.3 Å². The maximum Gasteiger partial charge on any atom is 0.308 e. The number of fused-ring (bicyclic) bond motifs is 3. The number of furan rings is 1. The molecule has 0 aliphatic rings. The number of hydrogen-bond donors (Lipinski definition) is 2. The Kier molecular flexibility index (Phi) is 6.01. The van der Waals surface area contributed by atoms with Crippen molar-refractivity contribution in [2.24, 2.45) is 0 Å². The van der Waals surface area contributed by atoms with Crippen molar-refractivity contribution in [3.63, 3.8) is 0 Å². The van der Waals surface area contributed by atoms with E-state index in [1.807, 2.05) is 24.3 Å². The molecule has 0 saturated heterocycles. The predicted octanol–water partition coefficient (Wildman–Crippen LogP) is 2.99. The monoisotopic (exact) mass is 398 g/mol. The number of para-hydroxylation sites is 1. The summed E-state index contributed by atoms with van der Waals surface area (Å²) < 4.78 is 16.3. The zero-order valence-electron chi connectivity index (χ0n) is 16.4. The Morgan fingerprint density at radius 2 is 1.86 bits per heavy atom. The van der Waals surface area contributed by atoms with E-state index in [1.54, 1.807) is 12.1 Å². The number of benzene rings is 2. The Bertz CT molecular complexity index is 1070. The second-order valence-corrected chi connectivity index (χ2v) is 6.50. The summed E-state index contributed by atoms with van der Waals surface area (Å²) >= 11 is 0. The van der Waals surface area contributed by atoms with Gasteiger partial charge in [-0.1, -0.05) is 18.2 Å². The molecular formula is C21H22N2O6. The summed E-state index contributed by atoms with van der Waals surface area (Å²) in [6, 6.07) is 11.1. The topological polar surface area (TPSA) is 107 Å². The van der Waals surface area contributed by atoms with E-state index in [0.29, 0.717) is 17.0 Å². The molecule has 2 N–H and O–H groups in total. The maximum atomic E-state index is 12.5. The van der Waals surface area contributed by atoms with Crippen molar-refractivity contribution < 1.29 is 28.3 Å². The van der Waals surface area contributed by atoms with Crippen LogP contribution in [0.2, 0.25) is 0 Å². The van der Waals surface area contributed by atoms with E-state index >= 15 is 0 Å². The summed E-state index contributed by atoms with van der Waals surface area (Å²) in [6.07, 6.45) is -1.04. The SMILES string of the molecule is COc1cc2c(cc1NC(=O)[C@H](C)OC(=O)CCNC(C)=O)oc1ccccc12. The molecule has 0 unspecified atom stereocenters. The van der Waals surface area contributed by atoms with Crippen LogP contribution in [0.1, 0.15) is 20.3 Å². The molecule has 2 amide bonds. The van der Waals surface area contributed by atoms with Crippen LogP contribution >= 0.6 is 0 Å². The number of ether oxygens (including phenoxy) is 2. The molecule has 8 heteroatoms. The molecule has 152 valence electrons. The number of nitrogens with one attached hydrogen (secondary N) is 2. The van der Waals surface area contributed by atoms with Gasteiger partial charge >= 0.3 is 5.97 Å². The van der Waals surface area contributed by atoms with Gasteiger partial charge in [0.15, 0.2) is 6.10 Å². The molecule has 0 fully saturated rings. The average molecular weight is 398 g/mol. The molecule has 1 aromatic heterocycles. The fourth-order valence-electron chi connectivity index (χ4n) is 2.90. The minimum absolute atomic E-state index is 0.0224. The van der Waals surface area contributed by atoms with Gasteiger partial charge in [0.25, 0.3) is 5.91 Å². The zero-order valence-corrected chi connectivity index (χ0v) is 16.4. The van der Waals surface area contributed by atoms with Gasteiger partial charge in [0.05, 0.1) is 19.2 Å². The normalized spacial score (nSPS) is 11.8. The highest BCUT2D eigenvalue weighted by Gasteiger charge is 2.20. The highest BCUT2D eigenvalue weighted by Crippen LogP contribution is 2.36. The predicted molar refractivity (Wildman–Crippen MR) is 108 cm³/mol. The van der Waals surface area contributed by atoms with Crippen molar-refractivity contribution in [1.82, 2.24) is 5.32 Å². The van der Waals surface area contributed by atoms with Crippen LogP contribution in [-0.4, -0.2) is 37.5 Å². The van der Waals surface area contributed by atoms with Crippen LogP contribution in [0.25, 0.3) is 21.9 Å². The van der Waals surface area contributed by atoms with Crippen molar-refractivity contribution in [1.29, 1.82) is 0 Å². The van der Waals surface area contributed by atoms with Gasteiger partial charge < -0.3 is 24.5 Å². The lowest BCUT2D eigenvalue weighted by atomic mass is 10.1. The van der Waals surface area contributed by atoms with Crippen LogP contribution in [0.5, 0.6) is 5.75 Å². The Labute approximate surface area is 167 Å². The molecule has 1 atom stereocenters. The standard InChI is InChI=1S/C21H22N2O6/c1-12(28-20(25)8-9-22-13(2)24)21(26)23-16-11-18-15(10-19(16)27-3)14-6-4-5-7-17(14)29-18/h4-7,10-12H,8-9H2,1-3H3,(H,22,24)(H,23,26)/t12-/m0/s1. The van der Waals surface area contributed by atoms with Crippen LogP contribution < -0.4 is 15.4 Å². The molecule has 0 saturated carbocycles. The summed E-state index contributed by atoms with van der Waals surface area (Å²) in [4.78, 5) is 35.1. The minimum Gasteiger partial charge on any atom is -0.495 e. The summed E-state index contributed by atoms with van der Waals surface area (Å²) in [6.45, 7) is 2.98. The van der Waals surface area contributed by atoms with Crippen molar-refractivity contribution in [3.8, 4) is 5.75 Å². The van der Waals surface area contributed by atoms with Crippen molar-refractivity contribution in [2.75, 3.05) is 19.0 Å². The second kappa shape index (κ2) is 8.64. The van der Waals surface area contributed by atoms with Gasteiger partial charge in [-0.3, -0.25) is 14.4 Å². The van der Waals surface area contributed by atoms with Crippen LogP contribution in [0.3, 0.4) is 0 Å². The van der Waals surface area contributed by atoms with Crippen molar-refractivity contribution >= 4 is 45.4 Å². The molecule has 3 rings (SSSR count). The maximum absolute atomic E-state index is 12.5. The Balaban J connectivity index is 1.72. The number of rotatable bonds is 7. The number of amides is 2. The van der Waals surface area contributed by atoms with E-state index in [1.165, 1.54) is 21.0 Å². The number of methoxy groups -OCH3 is 1. The number of esters is 1. The average Bonchev–Trinajstić information content (AvgIpc) is 3.04. The van der Waals surface area contributed by atoms with Gasteiger partial charge in [-0.05, 0) is 19.1 Å². The molecule has 8 nitrogen and oxygen atoms in total. The summed E-state index contributed by atoms with van der Waals surface area (Å²) in [7, 11) is 1.50. The van der Waals surface area contributed by atoms with Gasteiger partial charge in [0.1, 0.15) is 16.9 Å². The van der Waals surface area contributed by atoms with Crippen LogP contribution in [0.4, 0.5) is 5.69 Å². The van der Waals surface area contributed by atoms with Crippen LogP contribution in [-0.2, 0) is 19.1 Å². The van der Waals surface area contributed by atoms with E-state index in [9.17, 15) is 14.4 Å². The first-order valence-electron chi connectivity index (χ1n) is 9.13. The Hall–Kier alpha value is -3.55. The lowest BCUT2D eigenvalue weighted by Crippen LogP contribution is -2.31. The fourth-order valence-corrected chi connectivity index (χ4v) is 2.90. The summed E-state index contributed by atoms with van der Waals surface area (Å²) in [5, 5.41) is 7.01. The minimum atomic E-state index is -1.02. The molecule has 2 aromatic carbocycles. The summed E-state index contributed by atoms with van der Waals surface area (Å²) in [5.74, 6) is -0.869. The Morgan fingerprint density at radius 1 is 1.10 bits per heavy atom. The number of carbonyl (C=O) groups is 3. The molecular weight excluding hydrogens is 376 g/mol. The molecule has 0 aliphatic carbocycles. The first-order valence-corrected chi connectivity index (χ1v) is 9.13. The molecule has 3 aromatic rings. The highest BCUT2D eigenvalue weighted by molar-refractivity contribution is 6.08. The van der Waals surface area contributed by atoms with Gasteiger partial charge in [0.2, 0.25) is 5.91 Å². The van der Waals surface area contributed by atoms with Gasteiger partial charge in [-0.2, -0.15) is 0 Å². The van der Waals surface area contributed by atoms with E-state index in [2.05, 4.69) is 10.6 Å². The Morgan fingerprint density at radius 3 is 2.59 bits per heavy atom. The van der Waals surface area contributed by atoms with E-state index in [-0.39, 0.29) is 18.9 Å². The fraction of sp³-hybridized carbons (Fsp3) is 0.286. The second-order valence-electron chi connectivity index (χ2n) is 6.50. The van der Waals surface area contributed by atoms with Crippen LogP contribution in [0, 0.1) is 0 Å². The van der Waals surface area contributed by atoms with Gasteiger partial charge in [-0.25, -0.2) is 0 Å². The lowest BCUT2D eigenvalue weighted by molar-refractivity contribution is -0.153. The number of carbonyl (C=O) groups excluding carboxylic acids is 3. The molecule has 1 heterocycles. The first-order chi connectivity index (χ1) is 13.9. The number of anilines is 1. The molecule has 0 spiro atoms. The third kappa shape index (κ3) is 4.66. The summed E-state index contributed by atoms with van der Waals surface area (Å²) in [5.41, 5.74) is 1.74. The molecule has 29 heavy (non-hydrogen) atoms. The smallest absolute Gasteiger partial charge is 0.308 e. The van der Waals surface area contributed by atoms with E-state index in [4.69, 9.17) is 13.9 Å². The van der Waals surface area contributed by atoms with E-state index in [0.717, 1.165) is 16.4 Å². The quantitative estimate of drug-likeness (QED) is 0.593. The molecule has 0 radical (unpaired) electrons. The van der Waals surface area contributed by atoms with Gasteiger partial charge in [-0.15, -0.1) is 0 Å². The van der Waals surface area contributed by atoms with E-state index < -0.39 is 18.0 Å². The third-order valence-corrected chi connectivity index (χ3v) is 4.34. The number of hydrogen-bond acceptors (Lipinski definition) is 6. The van der Waals surface area contributed by atoms with Crippen molar-refractivity contribution in [3.05, 3.63) is 36.4 Å².